The summed E-state index contributed by atoms with van der Waals surface area (Å²) >= 11 is 4.65. The van der Waals surface area contributed by atoms with Gasteiger partial charge in [-0.2, -0.15) is 4.39 Å². The Morgan fingerprint density at radius 3 is 2.84 bits per heavy atom. The molecular weight excluding hydrogens is 335 g/mol. The Hall–Kier alpha value is -1.47. The fourth-order valence-electron chi connectivity index (χ4n) is 1.44. The zero-order valence-corrected chi connectivity index (χ0v) is 11.9. The quantitative estimate of drug-likeness (QED) is 0.475. The molecule has 0 N–H and O–H groups in total. The van der Waals surface area contributed by atoms with Crippen LogP contribution in [0.25, 0.3) is 0 Å². The molecule has 2 rings (SSSR count). The average Bonchev–Trinajstić information content (AvgIpc) is 2.39. The standard InChI is InChI=1S/C12H8BrFN2O2S/c13-9-4-2-6-15-12(9)19-7-8-3-1-5-10(11(8)14)16(17)18/h1-6H,7H2. The number of aromatic nitrogens is 1. The maximum atomic E-state index is 13.8. The molecule has 19 heavy (non-hydrogen) atoms. The van der Waals surface area contributed by atoms with Crippen molar-refractivity contribution in [3.05, 3.63) is 62.5 Å². The van der Waals surface area contributed by atoms with Crippen molar-refractivity contribution in [1.82, 2.24) is 4.98 Å². The number of hydrogen-bond acceptors (Lipinski definition) is 4. The first-order valence-corrected chi connectivity index (χ1v) is 7.02. The summed E-state index contributed by atoms with van der Waals surface area (Å²) in [6.07, 6.45) is 1.64. The Morgan fingerprint density at radius 1 is 1.37 bits per heavy atom. The van der Waals surface area contributed by atoms with Crippen molar-refractivity contribution in [3.63, 3.8) is 0 Å². The number of hydrogen-bond donors (Lipinski definition) is 0. The number of nitro groups is 1. The van der Waals surface area contributed by atoms with E-state index in [9.17, 15) is 14.5 Å². The van der Waals surface area contributed by atoms with E-state index in [-0.39, 0.29) is 11.3 Å². The van der Waals surface area contributed by atoms with Gasteiger partial charge in [0.2, 0.25) is 5.82 Å². The maximum absolute atomic E-state index is 13.8. The van der Waals surface area contributed by atoms with Crippen LogP contribution in [-0.4, -0.2) is 9.91 Å². The van der Waals surface area contributed by atoms with Gasteiger partial charge in [-0.3, -0.25) is 10.1 Å². The lowest BCUT2D eigenvalue weighted by Gasteiger charge is -2.04. The number of pyridine rings is 1. The summed E-state index contributed by atoms with van der Waals surface area (Å²) in [7, 11) is 0. The molecule has 0 saturated heterocycles. The van der Waals surface area contributed by atoms with Gasteiger partial charge in [-0.15, -0.1) is 11.8 Å². The molecule has 0 saturated carbocycles. The molecule has 0 unspecified atom stereocenters. The molecule has 2 aromatic rings. The van der Waals surface area contributed by atoms with E-state index in [2.05, 4.69) is 20.9 Å². The highest BCUT2D eigenvalue weighted by Crippen LogP contribution is 2.30. The van der Waals surface area contributed by atoms with Crippen LogP contribution in [0.3, 0.4) is 0 Å². The minimum atomic E-state index is -0.785. The van der Waals surface area contributed by atoms with Gasteiger partial charge in [0.1, 0.15) is 5.03 Å². The van der Waals surface area contributed by atoms with Gasteiger partial charge < -0.3 is 0 Å². The van der Waals surface area contributed by atoms with E-state index >= 15 is 0 Å². The Bertz CT molecular complexity index is 624. The van der Waals surface area contributed by atoms with Gasteiger partial charge >= 0.3 is 5.69 Å². The number of rotatable bonds is 4. The smallest absolute Gasteiger partial charge is 0.258 e. The van der Waals surface area contributed by atoms with Crippen LogP contribution in [0.15, 0.2) is 46.0 Å². The van der Waals surface area contributed by atoms with Gasteiger partial charge in [0.15, 0.2) is 0 Å². The topological polar surface area (TPSA) is 56.0 Å². The first-order valence-electron chi connectivity index (χ1n) is 5.24. The summed E-state index contributed by atoms with van der Waals surface area (Å²) < 4.78 is 14.7. The average molecular weight is 343 g/mol. The maximum Gasteiger partial charge on any atom is 0.305 e. The van der Waals surface area contributed by atoms with E-state index < -0.39 is 16.4 Å². The van der Waals surface area contributed by atoms with E-state index in [1.807, 2.05) is 6.07 Å². The molecule has 1 heterocycles. The van der Waals surface area contributed by atoms with Crippen LogP contribution in [0.5, 0.6) is 0 Å². The van der Waals surface area contributed by atoms with Crippen LogP contribution in [0, 0.1) is 15.9 Å². The Kier molecular flexibility index (Phi) is 4.49. The molecule has 1 aromatic heterocycles. The van der Waals surface area contributed by atoms with Gasteiger partial charge in [-0.1, -0.05) is 12.1 Å². The lowest BCUT2D eigenvalue weighted by atomic mass is 10.2. The molecule has 0 aliphatic rings. The zero-order valence-electron chi connectivity index (χ0n) is 9.55. The van der Waals surface area contributed by atoms with Crippen molar-refractivity contribution in [3.8, 4) is 0 Å². The highest BCUT2D eigenvalue weighted by atomic mass is 79.9. The van der Waals surface area contributed by atoms with Crippen LogP contribution in [0.2, 0.25) is 0 Å². The number of thioether (sulfide) groups is 1. The molecule has 98 valence electrons. The second kappa shape index (κ2) is 6.12. The lowest BCUT2D eigenvalue weighted by molar-refractivity contribution is -0.387. The fraction of sp³-hybridized carbons (Fsp3) is 0.0833. The molecule has 0 aliphatic heterocycles. The second-order valence-corrected chi connectivity index (χ2v) is 5.40. The van der Waals surface area contributed by atoms with E-state index in [0.717, 1.165) is 10.5 Å². The molecule has 0 bridgehead atoms. The van der Waals surface area contributed by atoms with Crippen molar-refractivity contribution in [2.75, 3.05) is 0 Å². The molecule has 0 radical (unpaired) electrons. The SMILES string of the molecule is O=[N+]([O-])c1cccc(CSc2ncccc2Br)c1F. The van der Waals surface area contributed by atoms with Gasteiger partial charge in [0.25, 0.3) is 0 Å². The van der Waals surface area contributed by atoms with Crippen LogP contribution >= 0.6 is 27.7 Å². The zero-order chi connectivity index (χ0) is 13.8. The summed E-state index contributed by atoms with van der Waals surface area (Å²) in [5.41, 5.74) is -0.213. The van der Waals surface area contributed by atoms with Crippen molar-refractivity contribution >= 4 is 33.4 Å². The Balaban J connectivity index is 2.19. The normalized spacial score (nSPS) is 10.4. The summed E-state index contributed by atoms with van der Waals surface area (Å²) in [5, 5.41) is 11.4. The van der Waals surface area contributed by atoms with Gasteiger partial charge in [-0.25, -0.2) is 4.98 Å². The largest absolute Gasteiger partial charge is 0.305 e. The molecule has 0 atom stereocenters. The van der Waals surface area contributed by atoms with Crippen LogP contribution in [-0.2, 0) is 5.75 Å². The van der Waals surface area contributed by atoms with Crippen molar-refractivity contribution < 1.29 is 9.31 Å². The summed E-state index contributed by atoms with van der Waals surface area (Å²) in [5.74, 6) is -0.504. The summed E-state index contributed by atoms with van der Waals surface area (Å²) in [6, 6.07) is 7.78. The minimum Gasteiger partial charge on any atom is -0.258 e. The Morgan fingerprint density at radius 2 is 2.16 bits per heavy atom. The molecule has 0 spiro atoms. The van der Waals surface area contributed by atoms with E-state index in [1.54, 1.807) is 12.3 Å². The molecular formula is C12H8BrFN2O2S. The molecule has 0 amide bonds. The van der Waals surface area contributed by atoms with Crippen molar-refractivity contribution in [2.45, 2.75) is 10.8 Å². The first kappa shape index (κ1) is 14.0. The van der Waals surface area contributed by atoms with E-state index in [0.29, 0.717) is 5.03 Å². The monoisotopic (exact) mass is 342 g/mol. The van der Waals surface area contributed by atoms with E-state index in [1.165, 1.54) is 23.9 Å². The number of benzene rings is 1. The molecule has 0 fully saturated rings. The summed E-state index contributed by atoms with van der Waals surface area (Å²) in [4.78, 5) is 14.1. The highest BCUT2D eigenvalue weighted by molar-refractivity contribution is 9.10. The fourth-order valence-corrected chi connectivity index (χ4v) is 2.90. The predicted molar refractivity (Wildman–Crippen MR) is 74.6 cm³/mol. The molecule has 1 aromatic carbocycles. The minimum absolute atomic E-state index is 0.281. The van der Waals surface area contributed by atoms with Gasteiger partial charge in [0.05, 0.1) is 4.92 Å². The number of nitrogens with zero attached hydrogens (tertiary/aromatic N) is 2. The first-order chi connectivity index (χ1) is 9.09. The molecule has 4 nitrogen and oxygen atoms in total. The second-order valence-electron chi connectivity index (χ2n) is 3.59. The third kappa shape index (κ3) is 3.30. The van der Waals surface area contributed by atoms with E-state index in [4.69, 9.17) is 0 Å². The van der Waals surface area contributed by atoms with Crippen LogP contribution in [0.4, 0.5) is 10.1 Å². The molecule has 0 aliphatic carbocycles. The lowest BCUT2D eigenvalue weighted by Crippen LogP contribution is -1.96. The van der Waals surface area contributed by atoms with Crippen molar-refractivity contribution in [2.24, 2.45) is 0 Å². The number of halogens is 2. The summed E-state index contributed by atoms with van der Waals surface area (Å²) in [6.45, 7) is 0. The van der Waals surface area contributed by atoms with Gasteiger partial charge in [0, 0.05) is 28.1 Å². The predicted octanol–water partition coefficient (Wildman–Crippen LogP) is 4.18. The van der Waals surface area contributed by atoms with Crippen LogP contribution in [0.1, 0.15) is 5.56 Å². The third-order valence-electron chi connectivity index (χ3n) is 2.34. The third-order valence-corrected chi connectivity index (χ3v) is 4.30. The Labute approximate surface area is 121 Å². The van der Waals surface area contributed by atoms with Gasteiger partial charge in [-0.05, 0) is 28.1 Å². The molecule has 7 heteroatoms. The highest BCUT2D eigenvalue weighted by Gasteiger charge is 2.17. The number of nitro benzene ring substituents is 1. The van der Waals surface area contributed by atoms with Crippen LogP contribution < -0.4 is 0 Å². The van der Waals surface area contributed by atoms with Crippen molar-refractivity contribution in [1.29, 1.82) is 0 Å².